The monoisotopic (exact) mass is 428 g/mol. The summed E-state index contributed by atoms with van der Waals surface area (Å²) in [5.41, 5.74) is -4.37. The molecule has 13 heteroatoms. The van der Waals surface area contributed by atoms with Crippen molar-refractivity contribution in [1.29, 1.82) is 0 Å². The second-order valence-electron chi connectivity index (χ2n) is 6.06. The van der Waals surface area contributed by atoms with Gasteiger partial charge in [0, 0.05) is 12.5 Å². The van der Waals surface area contributed by atoms with Gasteiger partial charge in [0.1, 0.15) is 16.1 Å². The number of benzene rings is 1. The number of thioether (sulfide) groups is 1. The van der Waals surface area contributed by atoms with Crippen molar-refractivity contribution >= 4 is 28.2 Å². The van der Waals surface area contributed by atoms with Crippen molar-refractivity contribution in [1.82, 2.24) is 0 Å². The first-order valence-electron chi connectivity index (χ1n) is 7.84. The minimum absolute atomic E-state index is 0.0486. The second-order valence-corrected chi connectivity index (χ2v) is 7.31. The molecule has 1 aliphatic heterocycles. The molecule has 0 amide bonds. The number of aliphatic imine (C=N–C) groups is 1. The first-order chi connectivity index (χ1) is 12.8. The Labute approximate surface area is 159 Å². The Morgan fingerprint density at radius 3 is 2.46 bits per heavy atom. The van der Waals surface area contributed by atoms with Crippen molar-refractivity contribution in [3.05, 3.63) is 33.9 Å². The maximum atomic E-state index is 13.1. The summed E-state index contributed by atoms with van der Waals surface area (Å²) in [7, 11) is 0. The minimum Gasteiger partial charge on any atom is -0.258 e. The van der Waals surface area contributed by atoms with E-state index in [9.17, 15) is 36.5 Å². The number of nitro benzene ring substituents is 1. The van der Waals surface area contributed by atoms with Gasteiger partial charge in [-0.3, -0.25) is 10.1 Å². The van der Waals surface area contributed by atoms with E-state index in [2.05, 4.69) is 15.2 Å². The van der Waals surface area contributed by atoms with Crippen LogP contribution in [0.2, 0.25) is 0 Å². The van der Waals surface area contributed by atoms with E-state index in [1.54, 1.807) is 6.92 Å². The van der Waals surface area contributed by atoms with Crippen molar-refractivity contribution in [3.8, 4) is 0 Å². The highest BCUT2D eigenvalue weighted by Gasteiger charge is 2.50. The highest BCUT2D eigenvalue weighted by molar-refractivity contribution is 8.14. The van der Waals surface area contributed by atoms with E-state index in [1.807, 2.05) is 0 Å². The zero-order valence-electron chi connectivity index (χ0n) is 14.5. The van der Waals surface area contributed by atoms with Gasteiger partial charge in [-0.05, 0) is 24.8 Å². The molecule has 0 radical (unpaired) electrons. The summed E-state index contributed by atoms with van der Waals surface area (Å²) >= 11 is 1.02. The molecule has 0 saturated carbocycles. The summed E-state index contributed by atoms with van der Waals surface area (Å²) in [5.74, 6) is 0.375. The van der Waals surface area contributed by atoms with Crippen molar-refractivity contribution in [3.63, 3.8) is 0 Å². The third-order valence-electron chi connectivity index (χ3n) is 3.84. The molecule has 154 valence electrons. The van der Waals surface area contributed by atoms with Gasteiger partial charge in [-0.25, -0.2) is 4.99 Å². The van der Waals surface area contributed by atoms with Gasteiger partial charge < -0.3 is 0 Å². The fourth-order valence-electron chi connectivity index (χ4n) is 2.51. The van der Waals surface area contributed by atoms with E-state index < -0.39 is 46.5 Å². The Kier molecular flexibility index (Phi) is 6.07. The van der Waals surface area contributed by atoms with E-state index in [-0.39, 0.29) is 10.7 Å². The molecule has 1 aliphatic rings. The average molecular weight is 428 g/mol. The molecule has 1 heterocycles. The van der Waals surface area contributed by atoms with Crippen molar-refractivity contribution in [2.24, 2.45) is 15.2 Å². The standard InChI is InChI=1S/C15H14F6N4O2S/c1-3-28-12(13(2)7-11(23-24-13)15(19,20)21)22-8-4-5-10(25(26)27)9(6-8)14(16,17)18/h4-6,11H,3,7H2,1-2H3. The van der Waals surface area contributed by atoms with E-state index in [0.717, 1.165) is 17.8 Å². The summed E-state index contributed by atoms with van der Waals surface area (Å²) in [6.07, 6.45) is -10.1. The van der Waals surface area contributed by atoms with Crippen LogP contribution in [0, 0.1) is 10.1 Å². The molecule has 6 nitrogen and oxygen atoms in total. The number of nitrogens with zero attached hydrogens (tertiary/aromatic N) is 4. The van der Waals surface area contributed by atoms with E-state index >= 15 is 0 Å². The lowest BCUT2D eigenvalue weighted by Gasteiger charge is -2.22. The molecule has 0 N–H and O–H groups in total. The minimum atomic E-state index is -5.00. The van der Waals surface area contributed by atoms with Crippen LogP contribution in [0.25, 0.3) is 0 Å². The topological polar surface area (TPSA) is 80.2 Å². The zero-order valence-corrected chi connectivity index (χ0v) is 15.3. The highest BCUT2D eigenvalue weighted by Crippen LogP contribution is 2.42. The van der Waals surface area contributed by atoms with Crippen LogP contribution < -0.4 is 0 Å². The average Bonchev–Trinajstić information content (AvgIpc) is 2.97. The van der Waals surface area contributed by atoms with Gasteiger partial charge in [0.05, 0.1) is 10.6 Å². The number of rotatable bonds is 4. The predicted octanol–water partition coefficient (Wildman–Crippen LogP) is 5.94. The summed E-state index contributed by atoms with van der Waals surface area (Å²) in [5, 5.41) is 17.8. The normalized spacial score (nSPS) is 23.3. The van der Waals surface area contributed by atoms with Crippen LogP contribution in [0.5, 0.6) is 0 Å². The lowest BCUT2D eigenvalue weighted by Crippen LogP contribution is -2.35. The highest BCUT2D eigenvalue weighted by atomic mass is 32.2. The van der Waals surface area contributed by atoms with E-state index in [4.69, 9.17) is 0 Å². The number of alkyl halides is 6. The van der Waals surface area contributed by atoms with Crippen LogP contribution in [-0.2, 0) is 6.18 Å². The van der Waals surface area contributed by atoms with Crippen LogP contribution in [0.1, 0.15) is 25.8 Å². The Hall–Kier alpha value is -2.18. The molecular formula is C15H14F6N4O2S. The van der Waals surface area contributed by atoms with E-state index in [0.29, 0.717) is 17.9 Å². The lowest BCUT2D eigenvalue weighted by molar-refractivity contribution is -0.388. The summed E-state index contributed by atoms with van der Waals surface area (Å²) in [6.45, 7) is 3.05. The number of nitro groups is 1. The Morgan fingerprint density at radius 2 is 2.00 bits per heavy atom. The number of hydrogen-bond acceptors (Lipinski definition) is 6. The van der Waals surface area contributed by atoms with Crippen LogP contribution in [0.3, 0.4) is 0 Å². The van der Waals surface area contributed by atoms with Crippen LogP contribution >= 0.6 is 11.8 Å². The molecule has 0 aromatic heterocycles. The molecule has 2 rings (SSSR count). The van der Waals surface area contributed by atoms with Gasteiger partial charge in [0.15, 0.2) is 6.04 Å². The van der Waals surface area contributed by atoms with Crippen LogP contribution in [0.4, 0.5) is 37.7 Å². The molecule has 2 atom stereocenters. The largest absolute Gasteiger partial charge is 0.423 e. The summed E-state index contributed by atoms with van der Waals surface area (Å²) in [4.78, 5) is 13.7. The molecule has 0 bridgehead atoms. The summed E-state index contributed by atoms with van der Waals surface area (Å²) < 4.78 is 78.0. The third-order valence-corrected chi connectivity index (χ3v) is 4.93. The Bertz CT molecular complexity index is 824. The van der Waals surface area contributed by atoms with Gasteiger partial charge >= 0.3 is 12.4 Å². The van der Waals surface area contributed by atoms with Crippen molar-refractivity contribution in [2.45, 2.75) is 44.2 Å². The maximum absolute atomic E-state index is 13.1. The first-order valence-corrected chi connectivity index (χ1v) is 8.83. The number of halogens is 6. The molecule has 1 aromatic carbocycles. The predicted molar refractivity (Wildman–Crippen MR) is 91.0 cm³/mol. The lowest BCUT2D eigenvalue weighted by atomic mass is 9.96. The van der Waals surface area contributed by atoms with Gasteiger partial charge in [-0.2, -0.15) is 36.6 Å². The first kappa shape index (κ1) is 22.1. The quantitative estimate of drug-likeness (QED) is 0.196. The molecular weight excluding hydrogens is 414 g/mol. The Balaban J connectivity index is 2.48. The van der Waals surface area contributed by atoms with Crippen molar-refractivity contribution in [2.75, 3.05) is 5.75 Å². The molecule has 0 fully saturated rings. The molecule has 2 unspecified atom stereocenters. The molecule has 0 saturated heterocycles. The molecule has 1 aromatic rings. The smallest absolute Gasteiger partial charge is 0.258 e. The second kappa shape index (κ2) is 7.68. The van der Waals surface area contributed by atoms with Gasteiger partial charge in [0.2, 0.25) is 0 Å². The zero-order chi connectivity index (χ0) is 21.3. The van der Waals surface area contributed by atoms with Gasteiger partial charge in [0.25, 0.3) is 5.69 Å². The molecule has 0 aliphatic carbocycles. The fourth-order valence-corrected chi connectivity index (χ4v) is 3.39. The van der Waals surface area contributed by atoms with Crippen LogP contribution in [-0.4, -0.2) is 33.5 Å². The molecule has 0 spiro atoms. The third kappa shape index (κ3) is 4.80. The Morgan fingerprint density at radius 1 is 1.36 bits per heavy atom. The number of azo groups is 1. The van der Waals surface area contributed by atoms with Crippen molar-refractivity contribution < 1.29 is 31.3 Å². The van der Waals surface area contributed by atoms with Gasteiger partial charge in [-0.15, -0.1) is 11.8 Å². The van der Waals surface area contributed by atoms with Crippen LogP contribution in [0.15, 0.2) is 33.4 Å². The number of hydrogen-bond donors (Lipinski definition) is 0. The van der Waals surface area contributed by atoms with Gasteiger partial charge in [-0.1, -0.05) is 6.92 Å². The van der Waals surface area contributed by atoms with E-state index in [1.165, 1.54) is 6.92 Å². The fraction of sp³-hybridized carbons (Fsp3) is 0.533. The summed E-state index contributed by atoms with van der Waals surface area (Å²) in [6, 6.07) is 0.126. The maximum Gasteiger partial charge on any atom is 0.423 e. The molecule has 28 heavy (non-hydrogen) atoms. The SMILES string of the molecule is CCSC(=Nc1ccc([N+](=O)[O-])c(C(F)(F)F)c1)C1(C)CC(C(F)(F)F)N=N1.